The second-order valence-corrected chi connectivity index (χ2v) is 5.46. The van der Waals surface area contributed by atoms with E-state index in [1.54, 1.807) is 19.4 Å². The summed E-state index contributed by atoms with van der Waals surface area (Å²) in [6, 6.07) is 5.57. The molecule has 1 aromatic carbocycles. The Morgan fingerprint density at radius 3 is 3.05 bits per heavy atom. The van der Waals surface area contributed by atoms with Crippen molar-refractivity contribution in [2.24, 2.45) is 0 Å². The van der Waals surface area contributed by atoms with Crippen LogP contribution in [0.3, 0.4) is 0 Å². The van der Waals surface area contributed by atoms with Crippen molar-refractivity contribution >= 4 is 16.8 Å². The molecule has 0 fully saturated rings. The molecule has 0 radical (unpaired) electrons. The lowest BCUT2D eigenvalue weighted by Crippen LogP contribution is -2.38. The number of carbonyl (C=O) groups is 1. The number of rotatable bonds is 4. The number of pyridine rings is 1. The smallest absolute Gasteiger partial charge is 0.257 e. The van der Waals surface area contributed by atoms with Crippen molar-refractivity contribution in [3.8, 4) is 0 Å². The Labute approximate surface area is 122 Å². The zero-order valence-electron chi connectivity index (χ0n) is 12.2. The molecule has 110 valence electrons. The highest BCUT2D eigenvalue weighted by molar-refractivity contribution is 5.98. The molecule has 1 aliphatic heterocycles. The second-order valence-electron chi connectivity index (χ2n) is 5.46. The average molecular weight is 286 g/mol. The summed E-state index contributed by atoms with van der Waals surface area (Å²) >= 11 is 0. The number of ether oxygens (including phenoxy) is 1. The average Bonchev–Trinajstić information content (AvgIpc) is 2.87. The Hall–Kier alpha value is -2.14. The number of aryl methyl sites for hydroxylation is 2. The van der Waals surface area contributed by atoms with Gasteiger partial charge in [0.25, 0.3) is 5.91 Å². The van der Waals surface area contributed by atoms with Crippen LogP contribution in [0.15, 0.2) is 29.2 Å². The molecule has 5 nitrogen and oxygen atoms in total. The van der Waals surface area contributed by atoms with Crippen molar-refractivity contribution in [1.29, 1.82) is 0 Å². The zero-order chi connectivity index (χ0) is 15.0. The summed E-state index contributed by atoms with van der Waals surface area (Å²) in [7, 11) is 1.58. The third-order valence-electron chi connectivity index (χ3n) is 3.84. The van der Waals surface area contributed by atoms with Crippen LogP contribution in [0, 0.1) is 0 Å². The lowest BCUT2D eigenvalue weighted by Gasteiger charge is -2.13. The van der Waals surface area contributed by atoms with Crippen LogP contribution in [-0.4, -0.2) is 30.2 Å². The van der Waals surface area contributed by atoms with E-state index in [-0.39, 0.29) is 22.9 Å². The molecule has 21 heavy (non-hydrogen) atoms. The van der Waals surface area contributed by atoms with Gasteiger partial charge in [-0.1, -0.05) is 12.1 Å². The molecule has 2 aromatic rings. The summed E-state index contributed by atoms with van der Waals surface area (Å²) in [5.41, 5.74) is 2.13. The number of amides is 1. The van der Waals surface area contributed by atoms with Gasteiger partial charge in [0, 0.05) is 31.3 Å². The number of hydrogen-bond donors (Lipinski definition) is 1. The highest BCUT2D eigenvalue weighted by Crippen LogP contribution is 2.23. The van der Waals surface area contributed by atoms with Gasteiger partial charge >= 0.3 is 0 Å². The van der Waals surface area contributed by atoms with E-state index in [1.165, 1.54) is 5.56 Å². The fourth-order valence-electron chi connectivity index (χ4n) is 2.91. The molecule has 0 aliphatic carbocycles. The maximum Gasteiger partial charge on any atom is 0.257 e. The molecule has 0 bridgehead atoms. The molecule has 5 heteroatoms. The van der Waals surface area contributed by atoms with Crippen molar-refractivity contribution in [2.45, 2.75) is 25.9 Å². The van der Waals surface area contributed by atoms with Gasteiger partial charge in [0.15, 0.2) is 0 Å². The first kappa shape index (κ1) is 13.8. The first-order chi connectivity index (χ1) is 10.1. The Morgan fingerprint density at radius 2 is 2.29 bits per heavy atom. The Bertz CT molecular complexity index is 764. The molecule has 0 saturated carbocycles. The molecule has 1 aliphatic rings. The Morgan fingerprint density at radius 1 is 1.48 bits per heavy atom. The van der Waals surface area contributed by atoms with E-state index >= 15 is 0 Å². The van der Waals surface area contributed by atoms with Crippen molar-refractivity contribution in [3.63, 3.8) is 0 Å². The maximum atomic E-state index is 12.5. The van der Waals surface area contributed by atoms with Gasteiger partial charge in [-0.2, -0.15) is 0 Å². The summed E-state index contributed by atoms with van der Waals surface area (Å²) in [6.07, 6.45) is 2.58. The number of nitrogens with one attached hydrogen (secondary N) is 1. The summed E-state index contributed by atoms with van der Waals surface area (Å²) in [4.78, 5) is 24.8. The molecule has 1 atom stereocenters. The molecule has 0 saturated heterocycles. The summed E-state index contributed by atoms with van der Waals surface area (Å²) in [6.45, 7) is 3.07. The standard InChI is InChI=1S/C16H18N2O3/c1-10(9-21-2)17-16(20)13-8-18-7-6-11-4-3-5-12(14(11)18)15(13)19/h3-5,8,10H,6-7,9H2,1-2H3,(H,17,20)/t10-/m1/s1. The maximum absolute atomic E-state index is 12.5. The number of para-hydroxylation sites is 1. The predicted octanol–water partition coefficient (Wildman–Crippen LogP) is 1.32. The summed E-state index contributed by atoms with van der Waals surface area (Å²) in [5.74, 6) is -0.340. The van der Waals surface area contributed by atoms with Crippen molar-refractivity contribution in [3.05, 3.63) is 45.7 Å². The van der Waals surface area contributed by atoms with Gasteiger partial charge in [0.2, 0.25) is 5.43 Å². The molecule has 1 aromatic heterocycles. The summed E-state index contributed by atoms with van der Waals surface area (Å²) in [5, 5.41) is 3.42. The van der Waals surface area contributed by atoms with Crippen LogP contribution in [0.4, 0.5) is 0 Å². The van der Waals surface area contributed by atoms with E-state index < -0.39 is 0 Å². The minimum atomic E-state index is -0.340. The Kier molecular flexibility index (Phi) is 3.51. The lowest BCUT2D eigenvalue weighted by molar-refractivity contribution is 0.0904. The first-order valence-electron chi connectivity index (χ1n) is 7.06. The van der Waals surface area contributed by atoms with Crippen LogP contribution in [0.5, 0.6) is 0 Å². The molecule has 0 unspecified atom stereocenters. The fourth-order valence-corrected chi connectivity index (χ4v) is 2.91. The zero-order valence-corrected chi connectivity index (χ0v) is 12.2. The minimum Gasteiger partial charge on any atom is -0.383 e. The van der Waals surface area contributed by atoms with Gasteiger partial charge in [-0.25, -0.2) is 0 Å². The third-order valence-corrected chi connectivity index (χ3v) is 3.84. The number of benzene rings is 1. The molecular formula is C16H18N2O3. The van der Waals surface area contributed by atoms with Crippen molar-refractivity contribution in [2.75, 3.05) is 13.7 Å². The normalized spacial score (nSPS) is 14.4. The van der Waals surface area contributed by atoms with Gasteiger partial charge in [0.1, 0.15) is 5.56 Å². The van der Waals surface area contributed by atoms with E-state index in [0.717, 1.165) is 18.5 Å². The largest absolute Gasteiger partial charge is 0.383 e. The highest BCUT2D eigenvalue weighted by Gasteiger charge is 2.20. The van der Waals surface area contributed by atoms with E-state index in [0.29, 0.717) is 12.0 Å². The SMILES string of the molecule is COC[C@@H](C)NC(=O)c1cn2c3c(cccc3c1=O)CC2. The molecular weight excluding hydrogens is 268 g/mol. The number of carbonyl (C=O) groups excluding carboxylic acids is 1. The number of aromatic nitrogens is 1. The second kappa shape index (κ2) is 5.33. The van der Waals surface area contributed by atoms with Gasteiger partial charge in [-0.05, 0) is 25.0 Å². The van der Waals surface area contributed by atoms with Crippen molar-refractivity contribution in [1.82, 2.24) is 9.88 Å². The van der Waals surface area contributed by atoms with Crippen LogP contribution < -0.4 is 10.7 Å². The van der Waals surface area contributed by atoms with Gasteiger partial charge in [-0.15, -0.1) is 0 Å². The fraction of sp³-hybridized carbons (Fsp3) is 0.375. The lowest BCUT2D eigenvalue weighted by atomic mass is 10.1. The van der Waals surface area contributed by atoms with Gasteiger partial charge < -0.3 is 14.6 Å². The minimum absolute atomic E-state index is 0.137. The predicted molar refractivity (Wildman–Crippen MR) is 80.7 cm³/mol. The monoisotopic (exact) mass is 286 g/mol. The number of methoxy groups -OCH3 is 1. The van der Waals surface area contributed by atoms with Gasteiger partial charge in [-0.3, -0.25) is 9.59 Å². The van der Waals surface area contributed by atoms with E-state index in [9.17, 15) is 9.59 Å². The van der Waals surface area contributed by atoms with Gasteiger partial charge in [0.05, 0.1) is 12.1 Å². The molecule has 2 heterocycles. The molecule has 1 N–H and O–H groups in total. The number of nitrogens with zero attached hydrogens (tertiary/aromatic N) is 1. The van der Waals surface area contributed by atoms with Crippen molar-refractivity contribution < 1.29 is 9.53 Å². The van der Waals surface area contributed by atoms with Crippen LogP contribution in [0.2, 0.25) is 0 Å². The molecule has 1 amide bonds. The third kappa shape index (κ3) is 2.34. The van der Waals surface area contributed by atoms with Crippen LogP contribution in [0.1, 0.15) is 22.8 Å². The van der Waals surface area contributed by atoms with Crippen LogP contribution >= 0.6 is 0 Å². The van der Waals surface area contributed by atoms with E-state index in [2.05, 4.69) is 5.32 Å². The molecule has 3 rings (SSSR count). The highest BCUT2D eigenvalue weighted by atomic mass is 16.5. The topological polar surface area (TPSA) is 60.3 Å². The summed E-state index contributed by atoms with van der Waals surface area (Å²) < 4.78 is 7.00. The van der Waals surface area contributed by atoms with E-state index in [1.807, 2.05) is 23.6 Å². The van der Waals surface area contributed by atoms with Crippen LogP contribution in [0.25, 0.3) is 10.9 Å². The Balaban J connectivity index is 2.04. The first-order valence-corrected chi connectivity index (χ1v) is 7.06. The van der Waals surface area contributed by atoms with E-state index in [4.69, 9.17) is 4.74 Å². The molecule has 0 spiro atoms. The quantitative estimate of drug-likeness (QED) is 0.922. The van der Waals surface area contributed by atoms with Crippen LogP contribution in [-0.2, 0) is 17.7 Å². The number of hydrogen-bond acceptors (Lipinski definition) is 3.